The highest BCUT2D eigenvalue weighted by molar-refractivity contribution is 9.10. The largest absolute Gasteiger partial charge is 0.494 e. The zero-order valence-corrected chi connectivity index (χ0v) is 11.4. The third-order valence-electron chi connectivity index (χ3n) is 2.34. The fourth-order valence-corrected chi connectivity index (χ4v) is 2.31. The van der Waals surface area contributed by atoms with E-state index >= 15 is 0 Å². The first-order chi connectivity index (χ1) is 7.63. The highest BCUT2D eigenvalue weighted by atomic mass is 79.9. The number of ether oxygens (including phenoxy) is 1. The van der Waals surface area contributed by atoms with Crippen molar-refractivity contribution in [3.63, 3.8) is 0 Å². The molecule has 0 aliphatic carbocycles. The molecule has 0 bridgehead atoms. The number of hydrogen-bond acceptors (Lipinski definition) is 2. The second-order valence-electron chi connectivity index (χ2n) is 3.44. The van der Waals surface area contributed by atoms with Crippen LogP contribution in [0, 0.1) is 6.92 Å². The van der Waals surface area contributed by atoms with E-state index in [9.17, 15) is 0 Å². The number of aromatic nitrogens is 1. The monoisotopic (exact) mass is 299 g/mol. The molecular weight excluding hydrogens is 289 g/mol. The lowest BCUT2D eigenvalue weighted by Crippen LogP contribution is -1.93. The first-order valence-corrected chi connectivity index (χ1v) is 6.18. The third-order valence-corrected chi connectivity index (χ3v) is 3.63. The van der Waals surface area contributed by atoms with Crippen molar-refractivity contribution in [3.8, 4) is 5.75 Å². The molecule has 0 aliphatic rings. The van der Waals surface area contributed by atoms with Crippen molar-refractivity contribution in [2.45, 2.75) is 13.8 Å². The topological polar surface area (TPSA) is 22.1 Å². The summed E-state index contributed by atoms with van der Waals surface area (Å²) in [6.45, 7) is 4.52. The molecule has 1 aromatic carbocycles. The average Bonchev–Trinajstić information content (AvgIpc) is 2.27. The van der Waals surface area contributed by atoms with Gasteiger partial charge in [0, 0.05) is 15.2 Å². The highest BCUT2D eigenvalue weighted by Gasteiger charge is 2.08. The minimum atomic E-state index is 0.511. The molecule has 84 valence electrons. The molecule has 0 amide bonds. The SMILES string of the molecule is CCOc1ccc2c(Br)c(C)nc(Cl)c2c1. The Labute approximate surface area is 108 Å². The third kappa shape index (κ3) is 2.02. The van der Waals surface area contributed by atoms with Crippen LogP contribution < -0.4 is 4.74 Å². The Kier molecular flexibility index (Phi) is 3.36. The molecule has 16 heavy (non-hydrogen) atoms. The van der Waals surface area contributed by atoms with Crippen LogP contribution in [-0.2, 0) is 0 Å². The molecule has 0 aliphatic heterocycles. The summed E-state index contributed by atoms with van der Waals surface area (Å²) in [6, 6.07) is 5.84. The van der Waals surface area contributed by atoms with Crippen LogP contribution in [0.3, 0.4) is 0 Å². The van der Waals surface area contributed by atoms with Crippen LogP contribution in [0.25, 0.3) is 10.8 Å². The average molecular weight is 301 g/mol. The van der Waals surface area contributed by atoms with Crippen molar-refractivity contribution in [3.05, 3.63) is 33.5 Å². The van der Waals surface area contributed by atoms with Crippen molar-refractivity contribution >= 4 is 38.3 Å². The van der Waals surface area contributed by atoms with Gasteiger partial charge < -0.3 is 4.74 Å². The summed E-state index contributed by atoms with van der Waals surface area (Å²) < 4.78 is 6.42. The van der Waals surface area contributed by atoms with Crippen LogP contribution in [0.15, 0.2) is 22.7 Å². The van der Waals surface area contributed by atoms with Gasteiger partial charge in [-0.3, -0.25) is 0 Å². The number of pyridine rings is 1. The summed E-state index contributed by atoms with van der Waals surface area (Å²) in [6.07, 6.45) is 0. The lowest BCUT2D eigenvalue weighted by Gasteiger charge is -2.08. The van der Waals surface area contributed by atoms with Crippen molar-refractivity contribution in [2.75, 3.05) is 6.61 Å². The molecule has 2 rings (SSSR count). The summed E-state index contributed by atoms with van der Waals surface area (Å²) in [5.74, 6) is 0.814. The maximum Gasteiger partial charge on any atom is 0.137 e. The molecule has 0 N–H and O–H groups in total. The molecule has 1 aromatic heterocycles. The van der Waals surface area contributed by atoms with Crippen LogP contribution in [0.5, 0.6) is 5.75 Å². The Morgan fingerprint density at radius 3 is 2.81 bits per heavy atom. The molecule has 1 heterocycles. The molecule has 2 nitrogen and oxygen atoms in total. The minimum Gasteiger partial charge on any atom is -0.494 e. The predicted octanol–water partition coefficient (Wildman–Crippen LogP) is 4.36. The van der Waals surface area contributed by atoms with Crippen LogP contribution in [0.2, 0.25) is 5.15 Å². The van der Waals surface area contributed by atoms with Crippen LogP contribution in [0.4, 0.5) is 0 Å². The summed E-state index contributed by atoms with van der Waals surface area (Å²) in [4.78, 5) is 4.27. The van der Waals surface area contributed by atoms with E-state index in [1.165, 1.54) is 0 Å². The highest BCUT2D eigenvalue weighted by Crippen LogP contribution is 2.33. The summed E-state index contributed by atoms with van der Waals surface area (Å²) >= 11 is 9.64. The van der Waals surface area contributed by atoms with E-state index in [0.717, 1.165) is 26.7 Å². The normalized spacial score (nSPS) is 10.8. The Morgan fingerprint density at radius 1 is 1.38 bits per heavy atom. The molecule has 0 fully saturated rings. The van der Waals surface area contributed by atoms with Crippen LogP contribution in [-0.4, -0.2) is 11.6 Å². The maximum atomic E-state index is 6.12. The van der Waals surface area contributed by atoms with Gasteiger partial charge >= 0.3 is 0 Å². The zero-order chi connectivity index (χ0) is 11.7. The smallest absolute Gasteiger partial charge is 0.137 e. The molecular formula is C12H11BrClNO. The number of fused-ring (bicyclic) bond motifs is 1. The lowest BCUT2D eigenvalue weighted by atomic mass is 10.1. The first kappa shape index (κ1) is 11.7. The van der Waals surface area contributed by atoms with Crippen LogP contribution in [0.1, 0.15) is 12.6 Å². The Bertz CT molecular complexity index is 542. The summed E-state index contributed by atoms with van der Waals surface area (Å²) in [5.41, 5.74) is 0.890. The van der Waals surface area contributed by atoms with Gasteiger partial charge in [-0.15, -0.1) is 0 Å². The summed E-state index contributed by atoms with van der Waals surface area (Å²) in [5, 5.41) is 2.48. The molecule has 0 spiro atoms. The number of benzene rings is 1. The number of rotatable bonds is 2. The van der Waals surface area contributed by atoms with Gasteiger partial charge in [0.05, 0.1) is 12.3 Å². The standard InChI is InChI=1S/C12H11BrClNO/c1-3-16-8-4-5-9-10(6-8)12(14)15-7(2)11(9)13/h4-6H,3H2,1-2H3. The number of nitrogens with zero attached hydrogens (tertiary/aromatic N) is 1. The predicted molar refractivity (Wildman–Crippen MR) is 70.4 cm³/mol. The van der Waals surface area contributed by atoms with Gasteiger partial charge in [-0.2, -0.15) is 0 Å². The van der Waals surface area contributed by atoms with E-state index in [1.54, 1.807) is 0 Å². The molecule has 0 saturated carbocycles. The van der Waals surface area contributed by atoms with Gasteiger partial charge in [0.2, 0.25) is 0 Å². The number of halogens is 2. The van der Waals surface area contributed by atoms with Gasteiger partial charge in [-0.1, -0.05) is 11.6 Å². The Hall–Kier alpha value is -0.800. The molecule has 2 aromatic rings. The van der Waals surface area contributed by atoms with E-state index in [-0.39, 0.29) is 0 Å². The van der Waals surface area contributed by atoms with E-state index in [2.05, 4.69) is 20.9 Å². The Balaban J connectivity index is 2.69. The van der Waals surface area contributed by atoms with Gasteiger partial charge in [0.1, 0.15) is 10.9 Å². The Morgan fingerprint density at radius 2 is 2.12 bits per heavy atom. The zero-order valence-electron chi connectivity index (χ0n) is 9.05. The quantitative estimate of drug-likeness (QED) is 0.769. The van der Waals surface area contributed by atoms with Crippen molar-refractivity contribution < 1.29 is 4.74 Å². The van der Waals surface area contributed by atoms with Crippen molar-refractivity contribution in [1.29, 1.82) is 0 Å². The number of aryl methyl sites for hydroxylation is 1. The molecule has 0 unspecified atom stereocenters. The van der Waals surface area contributed by atoms with Crippen LogP contribution >= 0.6 is 27.5 Å². The van der Waals surface area contributed by atoms with Gasteiger partial charge in [0.15, 0.2) is 0 Å². The fraction of sp³-hybridized carbons (Fsp3) is 0.250. The maximum absolute atomic E-state index is 6.12. The van der Waals surface area contributed by atoms with E-state index < -0.39 is 0 Å². The number of hydrogen-bond donors (Lipinski definition) is 0. The summed E-state index contributed by atoms with van der Waals surface area (Å²) in [7, 11) is 0. The van der Waals surface area contributed by atoms with Crippen molar-refractivity contribution in [2.24, 2.45) is 0 Å². The first-order valence-electron chi connectivity index (χ1n) is 5.01. The van der Waals surface area contributed by atoms with E-state index in [1.807, 2.05) is 32.0 Å². The molecule has 4 heteroatoms. The second kappa shape index (κ2) is 4.60. The molecule has 0 saturated heterocycles. The van der Waals surface area contributed by atoms with Gasteiger partial charge in [0.25, 0.3) is 0 Å². The van der Waals surface area contributed by atoms with Gasteiger partial charge in [-0.05, 0) is 48.0 Å². The second-order valence-corrected chi connectivity index (χ2v) is 4.59. The van der Waals surface area contributed by atoms with Crippen molar-refractivity contribution in [1.82, 2.24) is 4.98 Å². The van der Waals surface area contributed by atoms with E-state index in [4.69, 9.17) is 16.3 Å². The molecule has 0 radical (unpaired) electrons. The fourth-order valence-electron chi connectivity index (χ4n) is 1.59. The molecule has 0 atom stereocenters. The van der Waals surface area contributed by atoms with Gasteiger partial charge in [-0.25, -0.2) is 4.98 Å². The van der Waals surface area contributed by atoms with E-state index in [0.29, 0.717) is 11.8 Å². The lowest BCUT2D eigenvalue weighted by molar-refractivity contribution is 0.340. The minimum absolute atomic E-state index is 0.511.